The fraction of sp³-hybridized carbons (Fsp3) is 0.500. The van der Waals surface area contributed by atoms with Gasteiger partial charge in [0.2, 0.25) is 5.91 Å². The number of para-hydroxylation sites is 1. The quantitative estimate of drug-likeness (QED) is 0.836. The molecule has 1 saturated heterocycles. The van der Waals surface area contributed by atoms with Crippen molar-refractivity contribution in [2.75, 3.05) is 6.54 Å². The van der Waals surface area contributed by atoms with Crippen molar-refractivity contribution in [2.24, 2.45) is 0 Å². The number of allylic oxidation sites excluding steroid dienone is 1. The molecule has 0 aliphatic carbocycles. The van der Waals surface area contributed by atoms with E-state index in [1.54, 1.807) is 43.9 Å². The highest BCUT2D eigenvalue weighted by Gasteiger charge is 2.37. The second kappa shape index (κ2) is 7.30. The maximum Gasteiger partial charge on any atom is 0.387 e. The van der Waals surface area contributed by atoms with Crippen LogP contribution in [-0.2, 0) is 4.79 Å². The Morgan fingerprint density at radius 1 is 1.42 bits per heavy atom. The van der Waals surface area contributed by atoms with Crippen molar-refractivity contribution in [3.8, 4) is 5.75 Å². The van der Waals surface area contributed by atoms with Crippen molar-refractivity contribution in [2.45, 2.75) is 51.9 Å². The topological polar surface area (TPSA) is 49.8 Å². The van der Waals surface area contributed by atoms with Gasteiger partial charge in [0.15, 0.2) is 0 Å². The molecular weight excluding hydrogens is 316 g/mol. The first-order valence-corrected chi connectivity index (χ1v) is 7.95. The first-order chi connectivity index (χ1) is 11.2. The SMILES string of the molecule is C/C(=C/C(=O)N1CCCC1C(C)(C)O)c1ccccc1OC(F)F. The monoisotopic (exact) mass is 339 g/mol. The third-order valence-electron chi connectivity index (χ3n) is 4.22. The van der Waals surface area contributed by atoms with Gasteiger partial charge in [-0.3, -0.25) is 4.79 Å². The molecule has 132 valence electrons. The Bertz CT molecular complexity index is 623. The Labute approximate surface area is 140 Å². The minimum Gasteiger partial charge on any atom is -0.434 e. The van der Waals surface area contributed by atoms with Gasteiger partial charge in [0, 0.05) is 18.2 Å². The minimum absolute atomic E-state index is 0.0366. The van der Waals surface area contributed by atoms with E-state index in [-0.39, 0.29) is 17.7 Å². The Balaban J connectivity index is 2.23. The predicted molar refractivity (Wildman–Crippen MR) is 87.8 cm³/mol. The number of rotatable bonds is 5. The van der Waals surface area contributed by atoms with Crippen LogP contribution in [0, 0.1) is 0 Å². The second-order valence-corrected chi connectivity index (χ2v) is 6.55. The lowest BCUT2D eigenvalue weighted by molar-refractivity contribution is -0.131. The van der Waals surface area contributed by atoms with E-state index in [0.717, 1.165) is 12.8 Å². The van der Waals surface area contributed by atoms with Crippen molar-refractivity contribution >= 4 is 11.5 Å². The van der Waals surface area contributed by atoms with E-state index in [9.17, 15) is 18.7 Å². The number of carbonyl (C=O) groups excluding carboxylic acids is 1. The molecule has 1 aromatic rings. The second-order valence-electron chi connectivity index (χ2n) is 6.55. The summed E-state index contributed by atoms with van der Waals surface area (Å²) in [5.74, 6) is -0.196. The molecule has 0 aromatic heterocycles. The number of ether oxygens (including phenoxy) is 1. The predicted octanol–water partition coefficient (Wildman–Crippen LogP) is 3.45. The van der Waals surface area contributed by atoms with Gasteiger partial charge in [-0.15, -0.1) is 0 Å². The zero-order valence-electron chi connectivity index (χ0n) is 14.1. The van der Waals surface area contributed by atoms with Gasteiger partial charge in [-0.2, -0.15) is 8.78 Å². The van der Waals surface area contributed by atoms with Crippen molar-refractivity contribution in [1.82, 2.24) is 4.90 Å². The molecule has 1 aromatic carbocycles. The molecule has 24 heavy (non-hydrogen) atoms. The van der Waals surface area contributed by atoms with E-state index in [0.29, 0.717) is 17.7 Å². The highest BCUT2D eigenvalue weighted by atomic mass is 19.3. The van der Waals surface area contributed by atoms with Crippen LogP contribution >= 0.6 is 0 Å². The summed E-state index contributed by atoms with van der Waals surface area (Å²) in [5.41, 5.74) is 0.00716. The average molecular weight is 339 g/mol. The number of halogens is 2. The zero-order valence-corrected chi connectivity index (χ0v) is 14.1. The van der Waals surface area contributed by atoms with Crippen molar-refractivity contribution in [3.63, 3.8) is 0 Å². The molecule has 1 aliphatic rings. The van der Waals surface area contributed by atoms with Gasteiger partial charge in [-0.05, 0) is 45.3 Å². The number of aliphatic hydroxyl groups is 1. The van der Waals surface area contributed by atoms with Gasteiger partial charge < -0.3 is 14.7 Å². The van der Waals surface area contributed by atoms with Gasteiger partial charge in [0.25, 0.3) is 0 Å². The van der Waals surface area contributed by atoms with E-state index in [4.69, 9.17) is 0 Å². The molecule has 1 unspecified atom stereocenters. The summed E-state index contributed by atoms with van der Waals surface area (Å²) in [7, 11) is 0. The maximum atomic E-state index is 12.6. The number of amides is 1. The number of carbonyl (C=O) groups is 1. The number of hydrogen-bond donors (Lipinski definition) is 1. The summed E-state index contributed by atoms with van der Waals surface area (Å²) in [4.78, 5) is 14.2. The molecule has 2 rings (SSSR count). The summed E-state index contributed by atoms with van der Waals surface area (Å²) in [6, 6.07) is 6.13. The molecule has 0 bridgehead atoms. The molecule has 0 radical (unpaired) electrons. The Kier molecular flexibility index (Phi) is 5.59. The summed E-state index contributed by atoms with van der Waals surface area (Å²) in [6.45, 7) is 2.71. The summed E-state index contributed by atoms with van der Waals surface area (Å²) in [6.07, 6.45) is 2.99. The number of benzene rings is 1. The average Bonchev–Trinajstić information content (AvgIpc) is 2.96. The normalized spacial score (nSPS) is 19.0. The highest BCUT2D eigenvalue weighted by Crippen LogP contribution is 2.30. The summed E-state index contributed by atoms with van der Waals surface area (Å²) >= 11 is 0. The fourth-order valence-corrected chi connectivity index (χ4v) is 3.10. The largest absolute Gasteiger partial charge is 0.434 e. The molecular formula is C18H23F2NO3. The molecule has 1 atom stereocenters. The van der Waals surface area contributed by atoms with Crippen molar-refractivity contribution in [3.05, 3.63) is 35.9 Å². The van der Waals surface area contributed by atoms with Crippen LogP contribution < -0.4 is 4.74 Å². The van der Waals surface area contributed by atoms with Gasteiger partial charge in [0.1, 0.15) is 5.75 Å². The molecule has 1 amide bonds. The van der Waals surface area contributed by atoms with Gasteiger partial charge >= 0.3 is 6.61 Å². The van der Waals surface area contributed by atoms with Gasteiger partial charge in [-0.1, -0.05) is 18.2 Å². The molecule has 0 spiro atoms. The standard InChI is InChI=1S/C18H23F2NO3/c1-12(13-7-4-5-8-14(13)24-17(19)20)11-16(22)21-10-6-9-15(21)18(2,3)23/h4-5,7-8,11,15,17,23H,6,9-10H2,1-3H3/b12-11-. The van der Waals surface area contributed by atoms with E-state index in [1.807, 2.05) is 0 Å². The molecule has 1 N–H and O–H groups in total. The van der Waals surface area contributed by atoms with E-state index >= 15 is 0 Å². The van der Waals surface area contributed by atoms with Crippen LogP contribution in [-0.4, -0.2) is 40.7 Å². The molecule has 1 heterocycles. The Hall–Kier alpha value is -1.95. The number of alkyl halides is 2. The van der Waals surface area contributed by atoms with Crippen LogP contribution in [0.15, 0.2) is 30.3 Å². The fourth-order valence-electron chi connectivity index (χ4n) is 3.10. The lowest BCUT2D eigenvalue weighted by Crippen LogP contribution is -2.47. The van der Waals surface area contributed by atoms with Gasteiger partial charge in [0.05, 0.1) is 11.6 Å². The minimum atomic E-state index is -2.92. The third kappa shape index (κ3) is 4.32. The first kappa shape index (κ1) is 18.4. The number of hydrogen-bond acceptors (Lipinski definition) is 3. The lowest BCUT2D eigenvalue weighted by atomic mass is 9.96. The lowest BCUT2D eigenvalue weighted by Gasteiger charge is -2.33. The van der Waals surface area contributed by atoms with Crippen LogP contribution in [0.4, 0.5) is 8.78 Å². The molecule has 1 aliphatic heterocycles. The molecule has 1 fully saturated rings. The van der Waals surface area contributed by atoms with Crippen LogP contribution in [0.2, 0.25) is 0 Å². The zero-order chi connectivity index (χ0) is 17.9. The Morgan fingerprint density at radius 2 is 2.08 bits per heavy atom. The molecule has 6 heteroatoms. The smallest absolute Gasteiger partial charge is 0.387 e. The number of likely N-dealkylation sites (tertiary alicyclic amines) is 1. The van der Waals surface area contributed by atoms with Crippen LogP contribution in [0.25, 0.3) is 5.57 Å². The molecule has 4 nitrogen and oxygen atoms in total. The van der Waals surface area contributed by atoms with Crippen molar-refractivity contribution in [1.29, 1.82) is 0 Å². The Morgan fingerprint density at radius 3 is 2.71 bits per heavy atom. The van der Waals surface area contributed by atoms with E-state index in [2.05, 4.69) is 4.74 Å². The molecule has 0 saturated carbocycles. The van der Waals surface area contributed by atoms with E-state index in [1.165, 1.54) is 12.1 Å². The maximum absolute atomic E-state index is 12.6. The van der Waals surface area contributed by atoms with Gasteiger partial charge in [-0.25, -0.2) is 0 Å². The number of nitrogens with zero attached hydrogens (tertiary/aromatic N) is 1. The highest BCUT2D eigenvalue weighted by molar-refractivity contribution is 5.95. The summed E-state index contributed by atoms with van der Waals surface area (Å²) in [5, 5.41) is 10.2. The van der Waals surface area contributed by atoms with E-state index < -0.39 is 12.2 Å². The summed E-state index contributed by atoms with van der Waals surface area (Å²) < 4.78 is 29.5. The first-order valence-electron chi connectivity index (χ1n) is 7.95. The van der Waals surface area contributed by atoms with Crippen LogP contribution in [0.3, 0.4) is 0 Å². The van der Waals surface area contributed by atoms with Crippen molar-refractivity contribution < 1.29 is 23.4 Å². The van der Waals surface area contributed by atoms with Crippen LogP contribution in [0.1, 0.15) is 39.2 Å². The van der Waals surface area contributed by atoms with Crippen LogP contribution in [0.5, 0.6) is 5.75 Å². The third-order valence-corrected chi connectivity index (χ3v) is 4.22.